The second-order valence-corrected chi connectivity index (χ2v) is 5.69. The van der Waals surface area contributed by atoms with Crippen LogP contribution < -0.4 is 10.1 Å². The Labute approximate surface area is 123 Å². The first-order valence-electron chi connectivity index (χ1n) is 5.80. The van der Waals surface area contributed by atoms with Gasteiger partial charge < -0.3 is 10.1 Å². The first kappa shape index (κ1) is 15.9. The quantitative estimate of drug-likeness (QED) is 0.810. The maximum absolute atomic E-state index is 11.8. The van der Waals surface area contributed by atoms with Crippen molar-refractivity contribution in [1.29, 1.82) is 0 Å². The fourth-order valence-corrected chi connectivity index (χ4v) is 2.30. The van der Waals surface area contributed by atoms with Gasteiger partial charge in [0.1, 0.15) is 5.75 Å². The van der Waals surface area contributed by atoms with Crippen LogP contribution in [0.3, 0.4) is 0 Å². The number of aryl methyl sites for hydroxylation is 1. The Bertz CT molecular complexity index is 489. The molecule has 0 unspecified atom stereocenters. The Morgan fingerprint density at radius 3 is 2.74 bits per heavy atom. The zero-order valence-corrected chi connectivity index (χ0v) is 13.0. The lowest BCUT2D eigenvalue weighted by Crippen LogP contribution is -2.15. The second-order valence-electron chi connectivity index (χ2n) is 4.30. The van der Waals surface area contributed by atoms with E-state index in [2.05, 4.69) is 11.9 Å². The summed E-state index contributed by atoms with van der Waals surface area (Å²) < 4.78 is 5.20. The normalized spacial score (nSPS) is 10.1. The fourth-order valence-electron chi connectivity index (χ4n) is 1.43. The average molecular weight is 300 g/mol. The molecular formula is C14H18ClNO2S. The minimum Gasteiger partial charge on any atom is -0.495 e. The zero-order chi connectivity index (χ0) is 14.4. The molecule has 0 aromatic heterocycles. The molecule has 19 heavy (non-hydrogen) atoms. The number of nitrogens with one attached hydrogen (secondary N) is 1. The number of rotatable bonds is 6. The van der Waals surface area contributed by atoms with Crippen molar-refractivity contribution in [3.05, 3.63) is 34.9 Å². The van der Waals surface area contributed by atoms with Crippen LogP contribution in [-0.4, -0.2) is 24.5 Å². The van der Waals surface area contributed by atoms with Gasteiger partial charge in [-0.15, -0.1) is 11.8 Å². The molecule has 1 aromatic carbocycles. The van der Waals surface area contributed by atoms with Gasteiger partial charge in [-0.1, -0.05) is 23.8 Å². The minimum absolute atomic E-state index is 0.0636. The summed E-state index contributed by atoms with van der Waals surface area (Å²) in [7, 11) is 1.55. The molecule has 3 nitrogen and oxygen atoms in total. The van der Waals surface area contributed by atoms with Gasteiger partial charge >= 0.3 is 0 Å². The van der Waals surface area contributed by atoms with Crippen LogP contribution in [0.25, 0.3) is 0 Å². The first-order valence-corrected chi connectivity index (χ1v) is 7.33. The van der Waals surface area contributed by atoms with Crippen LogP contribution in [0.1, 0.15) is 12.5 Å². The van der Waals surface area contributed by atoms with Gasteiger partial charge in [-0.05, 0) is 25.5 Å². The van der Waals surface area contributed by atoms with Crippen molar-refractivity contribution in [2.24, 2.45) is 0 Å². The Hall–Kier alpha value is -1.13. The average Bonchev–Trinajstić information content (AvgIpc) is 2.33. The third-order valence-electron chi connectivity index (χ3n) is 2.34. The highest BCUT2D eigenvalue weighted by atomic mass is 35.5. The molecule has 104 valence electrons. The van der Waals surface area contributed by atoms with E-state index in [1.54, 1.807) is 13.2 Å². The van der Waals surface area contributed by atoms with Crippen LogP contribution in [0.5, 0.6) is 5.75 Å². The Morgan fingerprint density at radius 2 is 2.16 bits per heavy atom. The molecule has 0 aliphatic carbocycles. The summed E-state index contributed by atoms with van der Waals surface area (Å²) in [6, 6.07) is 3.51. The van der Waals surface area contributed by atoms with E-state index in [4.69, 9.17) is 16.3 Å². The lowest BCUT2D eigenvalue weighted by molar-refractivity contribution is -0.113. The van der Waals surface area contributed by atoms with E-state index in [1.807, 2.05) is 19.9 Å². The van der Waals surface area contributed by atoms with Crippen LogP contribution in [0.15, 0.2) is 24.3 Å². The van der Waals surface area contributed by atoms with E-state index in [-0.39, 0.29) is 5.91 Å². The molecule has 0 saturated heterocycles. The molecule has 1 rings (SSSR count). The Morgan fingerprint density at radius 1 is 1.47 bits per heavy atom. The molecule has 0 atom stereocenters. The molecule has 0 aliphatic heterocycles. The van der Waals surface area contributed by atoms with Crippen LogP contribution in [-0.2, 0) is 4.79 Å². The molecule has 0 saturated carbocycles. The number of halogens is 1. The zero-order valence-electron chi connectivity index (χ0n) is 11.4. The number of carbonyl (C=O) groups excluding carboxylic acids is 1. The number of benzene rings is 1. The van der Waals surface area contributed by atoms with Crippen LogP contribution in [0, 0.1) is 6.92 Å². The molecule has 1 N–H and O–H groups in total. The number of thioether (sulfide) groups is 1. The number of hydrogen-bond donors (Lipinski definition) is 1. The van der Waals surface area contributed by atoms with Crippen LogP contribution in [0.4, 0.5) is 5.69 Å². The van der Waals surface area contributed by atoms with Gasteiger partial charge in [0.05, 0.1) is 18.6 Å². The van der Waals surface area contributed by atoms with Gasteiger partial charge in [-0.25, -0.2) is 0 Å². The van der Waals surface area contributed by atoms with Gasteiger partial charge in [0.25, 0.3) is 0 Å². The highest BCUT2D eigenvalue weighted by molar-refractivity contribution is 8.00. The molecule has 1 amide bonds. The van der Waals surface area contributed by atoms with E-state index >= 15 is 0 Å². The SMILES string of the molecule is C=C(C)CSCC(=O)Nc1cc(C)c(Cl)cc1OC. The van der Waals surface area contributed by atoms with Crippen molar-refractivity contribution in [3.8, 4) is 5.75 Å². The van der Waals surface area contributed by atoms with Crippen molar-refractivity contribution in [3.63, 3.8) is 0 Å². The Balaban J connectivity index is 2.68. The van der Waals surface area contributed by atoms with Crippen molar-refractivity contribution in [1.82, 2.24) is 0 Å². The maximum atomic E-state index is 11.8. The smallest absolute Gasteiger partial charge is 0.234 e. The molecule has 0 bridgehead atoms. The fraction of sp³-hybridized carbons (Fsp3) is 0.357. The van der Waals surface area contributed by atoms with E-state index in [9.17, 15) is 4.79 Å². The summed E-state index contributed by atoms with van der Waals surface area (Å²) in [6.07, 6.45) is 0. The number of anilines is 1. The third-order valence-corrected chi connectivity index (χ3v) is 3.91. The summed E-state index contributed by atoms with van der Waals surface area (Å²) in [5, 5.41) is 3.45. The van der Waals surface area contributed by atoms with Gasteiger partial charge in [0.2, 0.25) is 5.91 Å². The topological polar surface area (TPSA) is 38.3 Å². The Kier molecular flexibility index (Phi) is 6.25. The van der Waals surface area contributed by atoms with E-state index in [0.29, 0.717) is 22.2 Å². The molecule has 0 aliphatic rings. The number of hydrogen-bond acceptors (Lipinski definition) is 3. The largest absolute Gasteiger partial charge is 0.495 e. The standard InChI is InChI=1S/C14H18ClNO2S/c1-9(2)7-19-8-14(17)16-12-5-10(3)11(15)6-13(12)18-4/h5-6H,1,7-8H2,2-4H3,(H,16,17). The maximum Gasteiger partial charge on any atom is 0.234 e. The van der Waals surface area contributed by atoms with Crippen molar-refractivity contribution < 1.29 is 9.53 Å². The van der Waals surface area contributed by atoms with Gasteiger partial charge in [0.15, 0.2) is 0 Å². The number of methoxy groups -OCH3 is 1. The summed E-state index contributed by atoms with van der Waals surface area (Å²) in [5.41, 5.74) is 2.59. The highest BCUT2D eigenvalue weighted by Gasteiger charge is 2.10. The van der Waals surface area contributed by atoms with E-state index < -0.39 is 0 Å². The highest BCUT2D eigenvalue weighted by Crippen LogP contribution is 2.30. The molecule has 5 heteroatoms. The number of carbonyl (C=O) groups is 1. The van der Waals surface area contributed by atoms with E-state index in [1.165, 1.54) is 11.8 Å². The predicted octanol–water partition coefficient (Wildman–Crippen LogP) is 3.90. The monoisotopic (exact) mass is 299 g/mol. The summed E-state index contributed by atoms with van der Waals surface area (Å²) in [4.78, 5) is 11.8. The van der Waals surface area contributed by atoms with Gasteiger partial charge in [-0.3, -0.25) is 4.79 Å². The third kappa shape index (κ3) is 5.17. The van der Waals surface area contributed by atoms with Crippen molar-refractivity contribution in [2.75, 3.05) is 23.9 Å². The number of amides is 1. The minimum atomic E-state index is -0.0636. The molecule has 0 radical (unpaired) electrons. The van der Waals surface area contributed by atoms with Gasteiger partial charge in [-0.2, -0.15) is 0 Å². The number of ether oxygens (including phenoxy) is 1. The summed E-state index contributed by atoms with van der Waals surface area (Å²) in [6.45, 7) is 7.62. The van der Waals surface area contributed by atoms with Crippen molar-refractivity contribution in [2.45, 2.75) is 13.8 Å². The van der Waals surface area contributed by atoms with Crippen LogP contribution >= 0.6 is 23.4 Å². The second kappa shape index (κ2) is 7.46. The van der Waals surface area contributed by atoms with E-state index in [0.717, 1.165) is 16.9 Å². The molecular weight excluding hydrogens is 282 g/mol. The molecule has 1 aromatic rings. The van der Waals surface area contributed by atoms with Crippen LogP contribution in [0.2, 0.25) is 5.02 Å². The first-order chi connectivity index (χ1) is 8.93. The van der Waals surface area contributed by atoms with Gasteiger partial charge in [0, 0.05) is 16.8 Å². The lowest BCUT2D eigenvalue weighted by atomic mass is 10.2. The predicted molar refractivity (Wildman–Crippen MR) is 83.5 cm³/mol. The molecule has 0 heterocycles. The summed E-state index contributed by atoms with van der Waals surface area (Å²) in [5.74, 6) is 1.67. The summed E-state index contributed by atoms with van der Waals surface area (Å²) >= 11 is 7.54. The van der Waals surface area contributed by atoms with Crippen molar-refractivity contribution >= 4 is 35.0 Å². The lowest BCUT2D eigenvalue weighted by Gasteiger charge is -2.12. The molecule has 0 spiro atoms. The molecule has 0 fully saturated rings.